The van der Waals surface area contributed by atoms with Gasteiger partial charge in [0.15, 0.2) is 0 Å². The molecule has 1 aromatic rings. The van der Waals surface area contributed by atoms with E-state index in [0.29, 0.717) is 6.54 Å². The van der Waals surface area contributed by atoms with E-state index >= 15 is 0 Å². The van der Waals surface area contributed by atoms with Gasteiger partial charge in [0.2, 0.25) is 5.91 Å². The largest absolute Gasteiger partial charge is 0.349 e. The lowest BCUT2D eigenvalue weighted by Gasteiger charge is -2.24. The van der Waals surface area contributed by atoms with Gasteiger partial charge in [-0.15, -0.1) is 0 Å². The molecule has 1 aromatic heterocycles. The fraction of sp³-hybridized carbons (Fsp3) is 0.538. The summed E-state index contributed by atoms with van der Waals surface area (Å²) in [5, 5.41) is 6.04. The van der Waals surface area contributed by atoms with Gasteiger partial charge in [0.25, 0.3) is 0 Å². The summed E-state index contributed by atoms with van der Waals surface area (Å²) in [5.74, 6) is -0.00981. The molecule has 0 radical (unpaired) electrons. The summed E-state index contributed by atoms with van der Waals surface area (Å²) in [6.45, 7) is 8.96. The van der Waals surface area contributed by atoms with Crippen molar-refractivity contribution >= 4 is 5.91 Å². The molecule has 1 amide bonds. The predicted molar refractivity (Wildman–Crippen MR) is 68.6 cm³/mol. The van der Waals surface area contributed by atoms with E-state index < -0.39 is 5.54 Å². The van der Waals surface area contributed by atoms with Crippen molar-refractivity contribution < 1.29 is 4.79 Å². The first-order chi connectivity index (χ1) is 7.97. The predicted octanol–water partition coefficient (Wildman–Crippen LogP) is 1.39. The Morgan fingerprint density at radius 1 is 1.47 bits per heavy atom. The molecule has 2 N–H and O–H groups in total. The minimum absolute atomic E-state index is 0.00981. The van der Waals surface area contributed by atoms with Crippen LogP contribution in [0.25, 0.3) is 0 Å². The smallest absolute Gasteiger partial charge is 0.240 e. The molecule has 0 unspecified atom stereocenters. The SMILES string of the molecule is CCNC(C)(C)C(=O)NCc1ncccc1C. The van der Waals surface area contributed by atoms with E-state index in [0.717, 1.165) is 17.8 Å². The van der Waals surface area contributed by atoms with Crippen molar-refractivity contribution in [1.29, 1.82) is 0 Å². The van der Waals surface area contributed by atoms with Crippen LogP contribution in [-0.4, -0.2) is 23.0 Å². The average molecular weight is 235 g/mol. The number of carbonyl (C=O) groups is 1. The van der Waals surface area contributed by atoms with Crippen molar-refractivity contribution in [2.45, 2.75) is 39.8 Å². The second kappa shape index (κ2) is 5.77. The summed E-state index contributed by atoms with van der Waals surface area (Å²) in [6.07, 6.45) is 1.74. The molecule has 0 spiro atoms. The van der Waals surface area contributed by atoms with E-state index in [-0.39, 0.29) is 5.91 Å². The first-order valence-corrected chi connectivity index (χ1v) is 5.91. The number of hydrogen-bond acceptors (Lipinski definition) is 3. The van der Waals surface area contributed by atoms with Gasteiger partial charge in [-0.05, 0) is 38.9 Å². The van der Waals surface area contributed by atoms with Crippen LogP contribution in [0.5, 0.6) is 0 Å². The molecule has 0 saturated carbocycles. The van der Waals surface area contributed by atoms with Gasteiger partial charge in [0.1, 0.15) is 0 Å². The average Bonchev–Trinajstić information content (AvgIpc) is 2.27. The monoisotopic (exact) mass is 235 g/mol. The lowest BCUT2D eigenvalue weighted by molar-refractivity contribution is -0.126. The summed E-state index contributed by atoms with van der Waals surface area (Å²) in [7, 11) is 0. The maximum atomic E-state index is 11.9. The number of rotatable bonds is 5. The third kappa shape index (κ3) is 3.82. The number of pyridine rings is 1. The maximum Gasteiger partial charge on any atom is 0.240 e. The number of amides is 1. The topological polar surface area (TPSA) is 54.0 Å². The van der Waals surface area contributed by atoms with E-state index in [4.69, 9.17) is 0 Å². The molecule has 4 heteroatoms. The molecule has 17 heavy (non-hydrogen) atoms. The molecule has 0 aromatic carbocycles. The van der Waals surface area contributed by atoms with Gasteiger partial charge in [-0.1, -0.05) is 13.0 Å². The normalized spacial score (nSPS) is 11.3. The molecule has 0 aliphatic rings. The van der Waals surface area contributed by atoms with Crippen LogP contribution in [0.2, 0.25) is 0 Å². The van der Waals surface area contributed by atoms with E-state index in [1.807, 2.05) is 39.8 Å². The van der Waals surface area contributed by atoms with Gasteiger partial charge < -0.3 is 10.6 Å². The molecule has 94 valence electrons. The van der Waals surface area contributed by atoms with E-state index in [1.165, 1.54) is 0 Å². The van der Waals surface area contributed by atoms with Crippen molar-refractivity contribution in [2.24, 2.45) is 0 Å². The highest BCUT2D eigenvalue weighted by Gasteiger charge is 2.25. The fourth-order valence-electron chi connectivity index (χ4n) is 1.61. The van der Waals surface area contributed by atoms with Gasteiger partial charge >= 0.3 is 0 Å². The number of hydrogen-bond donors (Lipinski definition) is 2. The Hall–Kier alpha value is -1.42. The van der Waals surface area contributed by atoms with Gasteiger partial charge in [0.05, 0.1) is 17.8 Å². The Morgan fingerprint density at radius 3 is 2.76 bits per heavy atom. The van der Waals surface area contributed by atoms with Gasteiger partial charge in [-0.2, -0.15) is 0 Å². The standard InChI is InChI=1S/C13H21N3O/c1-5-16-13(3,4)12(17)15-9-11-10(2)7-6-8-14-11/h6-8,16H,5,9H2,1-4H3,(H,15,17). The summed E-state index contributed by atoms with van der Waals surface area (Å²) in [4.78, 5) is 16.2. The fourth-order valence-corrected chi connectivity index (χ4v) is 1.61. The first kappa shape index (κ1) is 13.6. The van der Waals surface area contributed by atoms with E-state index in [1.54, 1.807) is 6.20 Å². The molecule has 1 rings (SSSR count). The molecule has 1 heterocycles. The zero-order valence-corrected chi connectivity index (χ0v) is 11.0. The Balaban J connectivity index is 2.57. The van der Waals surface area contributed by atoms with E-state index in [9.17, 15) is 4.79 Å². The number of nitrogens with zero attached hydrogens (tertiary/aromatic N) is 1. The van der Waals surface area contributed by atoms with Gasteiger partial charge in [-0.3, -0.25) is 9.78 Å². The molecular weight excluding hydrogens is 214 g/mol. The third-order valence-corrected chi connectivity index (χ3v) is 2.72. The van der Waals surface area contributed by atoms with Crippen LogP contribution < -0.4 is 10.6 Å². The first-order valence-electron chi connectivity index (χ1n) is 5.91. The van der Waals surface area contributed by atoms with Crippen molar-refractivity contribution in [1.82, 2.24) is 15.6 Å². The van der Waals surface area contributed by atoms with Crippen LogP contribution >= 0.6 is 0 Å². The van der Waals surface area contributed by atoms with Crippen LogP contribution in [0.3, 0.4) is 0 Å². The van der Waals surface area contributed by atoms with Crippen LogP contribution in [0.4, 0.5) is 0 Å². The Labute approximate surface area is 103 Å². The van der Waals surface area contributed by atoms with Gasteiger partial charge in [0, 0.05) is 6.20 Å². The van der Waals surface area contributed by atoms with Crippen LogP contribution in [0.1, 0.15) is 32.0 Å². The van der Waals surface area contributed by atoms with Gasteiger partial charge in [-0.25, -0.2) is 0 Å². The second-order valence-electron chi connectivity index (χ2n) is 4.61. The lowest BCUT2D eigenvalue weighted by Crippen LogP contribution is -2.52. The summed E-state index contributed by atoms with van der Waals surface area (Å²) < 4.78 is 0. The molecule has 0 atom stereocenters. The van der Waals surface area contributed by atoms with E-state index in [2.05, 4.69) is 15.6 Å². The minimum atomic E-state index is -0.544. The minimum Gasteiger partial charge on any atom is -0.349 e. The summed E-state index contributed by atoms with van der Waals surface area (Å²) in [6, 6.07) is 3.88. The lowest BCUT2D eigenvalue weighted by atomic mass is 10.0. The highest BCUT2D eigenvalue weighted by molar-refractivity contribution is 5.85. The number of nitrogens with one attached hydrogen (secondary N) is 2. The molecule has 0 bridgehead atoms. The highest BCUT2D eigenvalue weighted by Crippen LogP contribution is 2.05. The Bertz CT molecular complexity index is 388. The third-order valence-electron chi connectivity index (χ3n) is 2.72. The molecular formula is C13H21N3O. The second-order valence-corrected chi connectivity index (χ2v) is 4.61. The zero-order chi connectivity index (χ0) is 12.9. The number of aryl methyl sites for hydroxylation is 1. The van der Waals surface area contributed by atoms with Crippen molar-refractivity contribution in [2.75, 3.05) is 6.54 Å². The molecule has 0 aliphatic heterocycles. The Morgan fingerprint density at radius 2 is 2.18 bits per heavy atom. The maximum absolute atomic E-state index is 11.9. The summed E-state index contributed by atoms with van der Waals surface area (Å²) >= 11 is 0. The van der Waals surface area contributed by atoms with Crippen molar-refractivity contribution in [3.63, 3.8) is 0 Å². The number of likely N-dealkylation sites (N-methyl/N-ethyl adjacent to an activating group) is 1. The quantitative estimate of drug-likeness (QED) is 0.811. The zero-order valence-electron chi connectivity index (χ0n) is 11.0. The molecule has 0 aliphatic carbocycles. The highest BCUT2D eigenvalue weighted by atomic mass is 16.2. The van der Waals surface area contributed by atoms with Crippen molar-refractivity contribution in [3.8, 4) is 0 Å². The van der Waals surface area contributed by atoms with Crippen LogP contribution in [0, 0.1) is 6.92 Å². The van der Waals surface area contributed by atoms with Crippen molar-refractivity contribution in [3.05, 3.63) is 29.6 Å². The van der Waals surface area contributed by atoms with Crippen LogP contribution in [0.15, 0.2) is 18.3 Å². The summed E-state index contributed by atoms with van der Waals surface area (Å²) in [5.41, 5.74) is 1.46. The Kier molecular flexibility index (Phi) is 4.63. The molecule has 0 saturated heterocycles. The molecule has 4 nitrogen and oxygen atoms in total. The number of aromatic nitrogens is 1. The van der Waals surface area contributed by atoms with Crippen LogP contribution in [-0.2, 0) is 11.3 Å². The molecule has 0 fully saturated rings. The number of carbonyl (C=O) groups excluding carboxylic acids is 1.